The fraction of sp³-hybridized carbons (Fsp3) is 0.300. The van der Waals surface area contributed by atoms with Gasteiger partial charge in [0.15, 0.2) is 0 Å². The quantitative estimate of drug-likeness (QED) is 0.831. The summed E-state index contributed by atoms with van der Waals surface area (Å²) in [4.78, 5) is 26.2. The van der Waals surface area contributed by atoms with E-state index in [1.54, 1.807) is 12.1 Å². The van der Waals surface area contributed by atoms with Crippen LogP contribution in [0.4, 0.5) is 16.2 Å². The molecule has 26 heavy (non-hydrogen) atoms. The van der Waals surface area contributed by atoms with Gasteiger partial charge in [0.2, 0.25) is 5.91 Å². The molecule has 0 radical (unpaired) electrons. The maximum absolute atomic E-state index is 12.2. The topological polar surface area (TPSA) is 61.4 Å². The number of benzene rings is 2. The van der Waals surface area contributed by atoms with Gasteiger partial charge in [0.1, 0.15) is 0 Å². The van der Waals surface area contributed by atoms with Crippen molar-refractivity contribution in [2.75, 3.05) is 16.8 Å². The first kappa shape index (κ1) is 18.3. The lowest BCUT2D eigenvalue weighted by Gasteiger charge is -2.28. The molecule has 1 fully saturated rings. The van der Waals surface area contributed by atoms with Crippen LogP contribution >= 0.6 is 11.6 Å². The second kappa shape index (κ2) is 8.23. The SMILES string of the molecule is Cc1ccc(NC(=O)NCc2ccc(Cl)cc2)cc1N1CCCCC1=O. The minimum Gasteiger partial charge on any atom is -0.334 e. The Morgan fingerprint density at radius 2 is 1.92 bits per heavy atom. The second-order valence-corrected chi connectivity index (χ2v) is 6.87. The maximum Gasteiger partial charge on any atom is 0.319 e. The highest BCUT2D eigenvalue weighted by Crippen LogP contribution is 2.27. The van der Waals surface area contributed by atoms with E-state index in [0.29, 0.717) is 23.7 Å². The van der Waals surface area contributed by atoms with Crippen molar-refractivity contribution < 1.29 is 9.59 Å². The summed E-state index contributed by atoms with van der Waals surface area (Å²) in [5, 5.41) is 6.31. The number of hydrogen-bond donors (Lipinski definition) is 2. The van der Waals surface area contributed by atoms with Gasteiger partial charge in [-0.2, -0.15) is 0 Å². The lowest BCUT2D eigenvalue weighted by atomic mass is 10.1. The Labute approximate surface area is 158 Å². The first-order valence-corrected chi connectivity index (χ1v) is 9.11. The first-order valence-electron chi connectivity index (χ1n) is 8.73. The van der Waals surface area contributed by atoms with Gasteiger partial charge >= 0.3 is 6.03 Å². The van der Waals surface area contributed by atoms with E-state index in [1.165, 1.54) is 0 Å². The summed E-state index contributed by atoms with van der Waals surface area (Å²) in [7, 11) is 0. The van der Waals surface area contributed by atoms with Gasteiger partial charge in [-0.25, -0.2) is 4.79 Å². The smallest absolute Gasteiger partial charge is 0.319 e. The minimum absolute atomic E-state index is 0.142. The van der Waals surface area contributed by atoms with Crippen LogP contribution in [0.15, 0.2) is 42.5 Å². The minimum atomic E-state index is -0.292. The molecule has 0 aliphatic carbocycles. The molecule has 136 valence electrons. The predicted octanol–water partition coefficient (Wildman–Crippen LogP) is 4.49. The van der Waals surface area contributed by atoms with Gasteiger partial charge < -0.3 is 15.5 Å². The summed E-state index contributed by atoms with van der Waals surface area (Å²) in [6.45, 7) is 3.11. The van der Waals surface area contributed by atoms with E-state index in [1.807, 2.05) is 42.2 Å². The van der Waals surface area contributed by atoms with Crippen LogP contribution in [0.5, 0.6) is 0 Å². The Morgan fingerprint density at radius 1 is 1.15 bits per heavy atom. The average Bonchev–Trinajstić information content (AvgIpc) is 2.63. The number of aryl methyl sites for hydroxylation is 1. The van der Waals surface area contributed by atoms with E-state index in [-0.39, 0.29) is 11.9 Å². The van der Waals surface area contributed by atoms with Crippen molar-refractivity contribution >= 4 is 34.9 Å². The maximum atomic E-state index is 12.2. The van der Waals surface area contributed by atoms with E-state index in [9.17, 15) is 9.59 Å². The molecule has 1 aliphatic heterocycles. The number of anilines is 2. The van der Waals surface area contributed by atoms with Gasteiger partial charge in [0, 0.05) is 35.9 Å². The van der Waals surface area contributed by atoms with Crippen LogP contribution in [-0.2, 0) is 11.3 Å². The molecule has 0 atom stereocenters. The fourth-order valence-electron chi connectivity index (χ4n) is 3.00. The standard InChI is InChI=1S/C20H22ClN3O2/c1-14-5-10-17(12-18(14)24-11-3-2-4-19(24)25)23-20(26)22-13-15-6-8-16(21)9-7-15/h5-10,12H,2-4,11,13H2,1H3,(H2,22,23,26). The van der Waals surface area contributed by atoms with Gasteiger partial charge in [-0.05, 0) is 55.2 Å². The Morgan fingerprint density at radius 3 is 2.65 bits per heavy atom. The lowest BCUT2D eigenvalue weighted by molar-refractivity contribution is -0.119. The normalized spacial score (nSPS) is 14.2. The van der Waals surface area contributed by atoms with Crippen LogP contribution in [0.2, 0.25) is 5.02 Å². The molecule has 6 heteroatoms. The number of amides is 3. The Kier molecular flexibility index (Phi) is 5.78. The number of nitrogens with one attached hydrogen (secondary N) is 2. The number of halogens is 1. The number of hydrogen-bond acceptors (Lipinski definition) is 2. The number of piperidine rings is 1. The average molecular weight is 372 g/mol. The molecular weight excluding hydrogens is 350 g/mol. The molecule has 3 rings (SSSR count). The molecule has 2 aromatic rings. The number of rotatable bonds is 4. The molecule has 0 bridgehead atoms. The molecule has 0 saturated carbocycles. The highest BCUT2D eigenvalue weighted by Gasteiger charge is 2.21. The molecular formula is C20H22ClN3O2. The Balaban J connectivity index is 1.63. The van der Waals surface area contributed by atoms with Crippen molar-refractivity contribution in [1.82, 2.24) is 5.32 Å². The summed E-state index contributed by atoms with van der Waals surface area (Å²) in [6, 6.07) is 12.7. The molecule has 1 aliphatic rings. The van der Waals surface area contributed by atoms with Gasteiger partial charge in [-0.15, -0.1) is 0 Å². The molecule has 1 saturated heterocycles. The van der Waals surface area contributed by atoms with Crippen molar-refractivity contribution in [3.63, 3.8) is 0 Å². The highest BCUT2D eigenvalue weighted by atomic mass is 35.5. The summed E-state index contributed by atoms with van der Waals surface area (Å²) in [5.74, 6) is 0.142. The molecule has 0 unspecified atom stereocenters. The Bertz CT molecular complexity index is 805. The summed E-state index contributed by atoms with van der Waals surface area (Å²) in [6.07, 6.45) is 2.53. The van der Waals surface area contributed by atoms with E-state index >= 15 is 0 Å². The van der Waals surface area contributed by atoms with E-state index < -0.39 is 0 Å². The van der Waals surface area contributed by atoms with Crippen LogP contribution in [-0.4, -0.2) is 18.5 Å². The van der Waals surface area contributed by atoms with Gasteiger partial charge in [0.05, 0.1) is 0 Å². The van der Waals surface area contributed by atoms with E-state index in [4.69, 9.17) is 11.6 Å². The van der Waals surface area contributed by atoms with Crippen LogP contribution in [0.1, 0.15) is 30.4 Å². The molecule has 1 heterocycles. The summed E-state index contributed by atoms with van der Waals surface area (Å²) < 4.78 is 0. The number of urea groups is 1. The van der Waals surface area contributed by atoms with E-state index in [2.05, 4.69) is 10.6 Å². The molecule has 2 N–H and O–H groups in total. The van der Waals surface area contributed by atoms with Gasteiger partial charge in [0.25, 0.3) is 0 Å². The zero-order valence-corrected chi connectivity index (χ0v) is 15.5. The van der Waals surface area contributed by atoms with Crippen LogP contribution in [0.25, 0.3) is 0 Å². The van der Waals surface area contributed by atoms with Crippen molar-refractivity contribution in [2.45, 2.75) is 32.7 Å². The van der Waals surface area contributed by atoms with Gasteiger partial charge in [-0.3, -0.25) is 4.79 Å². The largest absolute Gasteiger partial charge is 0.334 e. The van der Waals surface area contributed by atoms with Crippen molar-refractivity contribution in [1.29, 1.82) is 0 Å². The van der Waals surface area contributed by atoms with Gasteiger partial charge in [-0.1, -0.05) is 29.8 Å². The van der Waals surface area contributed by atoms with Crippen LogP contribution in [0.3, 0.4) is 0 Å². The number of nitrogens with zero attached hydrogens (tertiary/aromatic N) is 1. The van der Waals surface area contributed by atoms with Crippen molar-refractivity contribution in [3.8, 4) is 0 Å². The molecule has 2 aromatic carbocycles. The Hall–Kier alpha value is -2.53. The molecule has 3 amide bonds. The third kappa shape index (κ3) is 4.55. The molecule has 0 spiro atoms. The molecule has 0 aromatic heterocycles. The third-order valence-electron chi connectivity index (χ3n) is 4.45. The number of carbonyl (C=O) groups excluding carboxylic acids is 2. The zero-order valence-electron chi connectivity index (χ0n) is 14.7. The van der Waals surface area contributed by atoms with E-state index in [0.717, 1.165) is 36.2 Å². The number of carbonyl (C=O) groups is 2. The third-order valence-corrected chi connectivity index (χ3v) is 4.70. The second-order valence-electron chi connectivity index (χ2n) is 6.44. The van der Waals surface area contributed by atoms with Crippen LogP contribution < -0.4 is 15.5 Å². The zero-order chi connectivity index (χ0) is 18.5. The van der Waals surface area contributed by atoms with Crippen molar-refractivity contribution in [3.05, 3.63) is 58.6 Å². The first-order chi connectivity index (χ1) is 12.5. The predicted molar refractivity (Wildman–Crippen MR) is 105 cm³/mol. The lowest BCUT2D eigenvalue weighted by Crippen LogP contribution is -2.35. The van der Waals surface area contributed by atoms with Crippen molar-refractivity contribution in [2.24, 2.45) is 0 Å². The molecule has 5 nitrogen and oxygen atoms in total. The fourth-order valence-corrected chi connectivity index (χ4v) is 3.12. The summed E-state index contributed by atoms with van der Waals surface area (Å²) in [5.41, 5.74) is 3.52. The van der Waals surface area contributed by atoms with Crippen LogP contribution in [0, 0.1) is 6.92 Å². The monoisotopic (exact) mass is 371 g/mol. The summed E-state index contributed by atoms with van der Waals surface area (Å²) >= 11 is 5.86. The highest BCUT2D eigenvalue weighted by molar-refractivity contribution is 6.30.